The maximum absolute atomic E-state index is 12.5. The second-order valence-corrected chi connectivity index (χ2v) is 6.29. The van der Waals surface area contributed by atoms with E-state index < -0.39 is 18.0 Å². The number of amides is 1. The predicted octanol–water partition coefficient (Wildman–Crippen LogP) is 4.84. The molecular weight excluding hydrogens is 425 g/mol. The van der Waals surface area contributed by atoms with Gasteiger partial charge in [0.15, 0.2) is 5.75 Å². The third kappa shape index (κ3) is 5.23. The normalized spacial score (nSPS) is 11.1. The van der Waals surface area contributed by atoms with Crippen molar-refractivity contribution < 1.29 is 27.4 Å². The fourth-order valence-corrected chi connectivity index (χ4v) is 2.54. The van der Waals surface area contributed by atoms with Gasteiger partial charge >= 0.3 is 6.36 Å². The largest absolute Gasteiger partial charge is 0.573 e. The zero-order chi connectivity index (χ0) is 21.9. The number of hydrogen-bond acceptors (Lipinski definition) is 6. The second kappa shape index (κ2) is 8.37. The number of carbonyl (C=O) groups excluding carboxylic acids is 1. The van der Waals surface area contributed by atoms with Crippen molar-refractivity contribution in [2.75, 3.05) is 16.8 Å². The van der Waals surface area contributed by atoms with Crippen molar-refractivity contribution >= 4 is 34.7 Å². The number of nitrogen functional groups attached to an aromatic ring is 2. The van der Waals surface area contributed by atoms with E-state index in [1.807, 2.05) is 0 Å². The van der Waals surface area contributed by atoms with Crippen LogP contribution in [0.15, 0.2) is 54.7 Å². The summed E-state index contributed by atoms with van der Waals surface area (Å²) in [7, 11) is 0. The van der Waals surface area contributed by atoms with Crippen LogP contribution >= 0.6 is 11.6 Å². The standard InChI is InChI=1S/C19H14ClF3N4O3/c20-13-5-4-11(29-15-6-7-26-17(25)16(15)24)9-14(13)27-18(28)10-2-1-3-12(8-10)30-19(21,22)23/h1-9H,24H2,(H2,25,26)(H,27,28). The molecule has 0 atom stereocenters. The zero-order valence-corrected chi connectivity index (χ0v) is 15.8. The van der Waals surface area contributed by atoms with Crippen LogP contribution in [0.2, 0.25) is 5.02 Å². The molecule has 5 N–H and O–H groups in total. The quantitative estimate of drug-likeness (QED) is 0.525. The molecule has 0 aliphatic carbocycles. The molecule has 30 heavy (non-hydrogen) atoms. The minimum atomic E-state index is -4.87. The number of rotatable bonds is 5. The second-order valence-electron chi connectivity index (χ2n) is 5.88. The lowest BCUT2D eigenvalue weighted by Crippen LogP contribution is -2.18. The molecule has 0 spiro atoms. The number of nitrogens with zero attached hydrogens (tertiary/aromatic N) is 1. The van der Waals surface area contributed by atoms with Crippen LogP contribution in [0.1, 0.15) is 10.4 Å². The molecule has 11 heteroatoms. The highest BCUT2D eigenvalue weighted by atomic mass is 35.5. The molecule has 0 saturated heterocycles. The summed E-state index contributed by atoms with van der Waals surface area (Å²) >= 11 is 6.11. The Kier molecular flexibility index (Phi) is 5.88. The van der Waals surface area contributed by atoms with Gasteiger partial charge in [-0.05, 0) is 30.3 Å². The van der Waals surface area contributed by atoms with E-state index >= 15 is 0 Å². The van der Waals surface area contributed by atoms with E-state index in [0.717, 1.165) is 12.1 Å². The van der Waals surface area contributed by atoms with Crippen molar-refractivity contribution in [3.63, 3.8) is 0 Å². The van der Waals surface area contributed by atoms with Crippen molar-refractivity contribution in [3.8, 4) is 17.2 Å². The van der Waals surface area contributed by atoms with Crippen molar-refractivity contribution in [3.05, 3.63) is 65.3 Å². The Morgan fingerprint density at radius 3 is 2.57 bits per heavy atom. The number of carbonyl (C=O) groups is 1. The van der Waals surface area contributed by atoms with Gasteiger partial charge in [0, 0.05) is 23.9 Å². The summed E-state index contributed by atoms with van der Waals surface area (Å²) in [5.74, 6) is -0.602. The van der Waals surface area contributed by atoms with E-state index in [4.69, 9.17) is 27.8 Å². The number of nitrogens with one attached hydrogen (secondary N) is 1. The molecule has 1 aromatic heterocycles. The lowest BCUT2D eigenvalue weighted by molar-refractivity contribution is -0.274. The van der Waals surface area contributed by atoms with Crippen LogP contribution in [-0.2, 0) is 0 Å². The third-order valence-corrected chi connectivity index (χ3v) is 4.05. The molecule has 1 heterocycles. The molecule has 0 unspecified atom stereocenters. The molecule has 156 valence electrons. The first-order valence-corrected chi connectivity index (χ1v) is 8.65. The first-order chi connectivity index (χ1) is 14.1. The van der Waals surface area contributed by atoms with Gasteiger partial charge in [-0.25, -0.2) is 4.98 Å². The molecule has 7 nitrogen and oxygen atoms in total. The molecule has 3 rings (SSSR count). The SMILES string of the molecule is Nc1nccc(Oc2ccc(Cl)c(NC(=O)c3cccc(OC(F)(F)F)c3)c2)c1N. The molecule has 1 amide bonds. The van der Waals surface area contributed by atoms with Crippen LogP contribution in [0.3, 0.4) is 0 Å². The molecule has 0 bridgehead atoms. The maximum Gasteiger partial charge on any atom is 0.573 e. The zero-order valence-electron chi connectivity index (χ0n) is 15.0. The summed E-state index contributed by atoms with van der Waals surface area (Å²) in [5.41, 5.74) is 11.7. The molecule has 0 saturated carbocycles. The average molecular weight is 439 g/mol. The van der Waals surface area contributed by atoms with Crippen molar-refractivity contribution in [1.29, 1.82) is 0 Å². The number of ether oxygens (including phenoxy) is 2. The Bertz CT molecular complexity index is 1090. The number of pyridine rings is 1. The monoisotopic (exact) mass is 438 g/mol. The maximum atomic E-state index is 12.5. The Morgan fingerprint density at radius 2 is 1.83 bits per heavy atom. The number of benzene rings is 2. The van der Waals surface area contributed by atoms with Crippen LogP contribution < -0.4 is 26.3 Å². The first kappa shape index (κ1) is 21.1. The smallest absolute Gasteiger partial charge is 0.455 e. The minimum Gasteiger partial charge on any atom is -0.455 e. The predicted molar refractivity (Wildman–Crippen MR) is 106 cm³/mol. The van der Waals surface area contributed by atoms with Crippen LogP contribution in [0.25, 0.3) is 0 Å². The van der Waals surface area contributed by atoms with Gasteiger partial charge < -0.3 is 26.3 Å². The van der Waals surface area contributed by atoms with Gasteiger partial charge in [0.25, 0.3) is 5.91 Å². The fourth-order valence-electron chi connectivity index (χ4n) is 2.38. The number of nitrogens with two attached hydrogens (primary N) is 2. The summed E-state index contributed by atoms with van der Waals surface area (Å²) < 4.78 is 46.6. The highest BCUT2D eigenvalue weighted by Crippen LogP contribution is 2.34. The Hall–Kier alpha value is -3.66. The van der Waals surface area contributed by atoms with E-state index in [-0.39, 0.29) is 39.3 Å². The third-order valence-electron chi connectivity index (χ3n) is 3.72. The number of aromatic nitrogens is 1. The van der Waals surface area contributed by atoms with Crippen LogP contribution in [-0.4, -0.2) is 17.3 Å². The van der Waals surface area contributed by atoms with Crippen LogP contribution in [0.4, 0.5) is 30.4 Å². The van der Waals surface area contributed by atoms with E-state index in [1.54, 1.807) is 0 Å². The first-order valence-electron chi connectivity index (χ1n) is 8.27. The van der Waals surface area contributed by atoms with Crippen molar-refractivity contribution in [2.24, 2.45) is 0 Å². The summed E-state index contributed by atoms with van der Waals surface area (Å²) in [6.45, 7) is 0. The van der Waals surface area contributed by atoms with Crippen molar-refractivity contribution in [2.45, 2.75) is 6.36 Å². The molecule has 2 aromatic carbocycles. The number of halogens is 4. The Balaban J connectivity index is 1.80. The highest BCUT2D eigenvalue weighted by Gasteiger charge is 2.31. The van der Waals surface area contributed by atoms with Gasteiger partial charge in [-0.2, -0.15) is 0 Å². The van der Waals surface area contributed by atoms with Gasteiger partial charge in [-0.1, -0.05) is 17.7 Å². The summed E-state index contributed by atoms with van der Waals surface area (Å²) in [6, 6.07) is 10.6. The van der Waals surface area contributed by atoms with E-state index in [2.05, 4.69) is 15.0 Å². The molecular formula is C19H14ClF3N4O3. The number of hydrogen-bond donors (Lipinski definition) is 3. The molecule has 0 aliphatic heterocycles. The molecule has 0 radical (unpaired) electrons. The fraction of sp³-hybridized carbons (Fsp3) is 0.0526. The van der Waals surface area contributed by atoms with Gasteiger partial charge in [-0.3, -0.25) is 4.79 Å². The molecule has 0 fully saturated rings. The highest BCUT2D eigenvalue weighted by molar-refractivity contribution is 6.34. The lowest BCUT2D eigenvalue weighted by atomic mass is 10.2. The molecule has 0 aliphatic rings. The summed E-state index contributed by atoms with van der Waals surface area (Å²) in [6.07, 6.45) is -3.46. The summed E-state index contributed by atoms with van der Waals surface area (Å²) in [4.78, 5) is 16.3. The van der Waals surface area contributed by atoms with E-state index in [1.165, 1.54) is 42.6 Å². The minimum absolute atomic E-state index is 0.0645. The average Bonchev–Trinajstić information content (AvgIpc) is 2.67. The van der Waals surface area contributed by atoms with Gasteiger partial charge in [0.1, 0.15) is 23.0 Å². The topological polar surface area (TPSA) is 112 Å². The van der Waals surface area contributed by atoms with E-state index in [9.17, 15) is 18.0 Å². The van der Waals surface area contributed by atoms with Gasteiger partial charge in [-0.15, -0.1) is 13.2 Å². The number of alkyl halides is 3. The van der Waals surface area contributed by atoms with Gasteiger partial charge in [0.05, 0.1) is 10.7 Å². The van der Waals surface area contributed by atoms with Gasteiger partial charge in [0.2, 0.25) is 0 Å². The van der Waals surface area contributed by atoms with Crippen LogP contribution in [0.5, 0.6) is 17.2 Å². The van der Waals surface area contributed by atoms with E-state index in [0.29, 0.717) is 0 Å². The Labute approximate surface area is 173 Å². The van der Waals surface area contributed by atoms with Crippen molar-refractivity contribution in [1.82, 2.24) is 4.98 Å². The Morgan fingerprint density at radius 1 is 1.07 bits per heavy atom. The molecule has 3 aromatic rings. The number of anilines is 3. The van der Waals surface area contributed by atoms with Crippen LogP contribution in [0, 0.1) is 0 Å². The lowest BCUT2D eigenvalue weighted by Gasteiger charge is -2.13. The summed E-state index contributed by atoms with van der Waals surface area (Å²) in [5, 5.41) is 2.69.